The molecule has 3 N–H and O–H groups in total. The first-order valence-electron chi connectivity index (χ1n) is 8.30. The van der Waals surface area contributed by atoms with Crippen LogP contribution in [0.1, 0.15) is 33.6 Å². The van der Waals surface area contributed by atoms with Gasteiger partial charge in [-0.25, -0.2) is 9.59 Å². The van der Waals surface area contributed by atoms with Crippen molar-refractivity contribution in [2.75, 3.05) is 46.2 Å². The normalized spacial score (nSPS) is 12.6. The Balaban J connectivity index is 3.37. The van der Waals surface area contributed by atoms with Gasteiger partial charge in [-0.1, -0.05) is 0 Å². The van der Waals surface area contributed by atoms with E-state index in [1.54, 1.807) is 20.8 Å². The Morgan fingerprint density at radius 3 is 2.08 bits per heavy atom. The van der Waals surface area contributed by atoms with E-state index < -0.39 is 23.8 Å². The van der Waals surface area contributed by atoms with Gasteiger partial charge in [-0.05, 0) is 33.6 Å². The van der Waals surface area contributed by atoms with Crippen LogP contribution in [0.2, 0.25) is 0 Å². The van der Waals surface area contributed by atoms with Crippen molar-refractivity contribution in [1.29, 1.82) is 0 Å². The van der Waals surface area contributed by atoms with Crippen LogP contribution >= 0.6 is 0 Å². The molecule has 0 aromatic heterocycles. The van der Waals surface area contributed by atoms with Gasteiger partial charge in [-0.2, -0.15) is 0 Å². The molecule has 25 heavy (non-hydrogen) atoms. The van der Waals surface area contributed by atoms with E-state index in [0.717, 1.165) is 0 Å². The summed E-state index contributed by atoms with van der Waals surface area (Å²) in [5.41, 5.74) is -0.541. The maximum Gasteiger partial charge on any atom is 0.407 e. The quantitative estimate of drug-likeness (QED) is 0.386. The molecule has 1 unspecified atom stereocenters. The summed E-state index contributed by atoms with van der Waals surface area (Å²) in [5.74, 6) is -1.01. The van der Waals surface area contributed by atoms with E-state index in [1.807, 2.05) is 0 Å². The largest absolute Gasteiger partial charge is 0.480 e. The van der Waals surface area contributed by atoms with Crippen LogP contribution in [0, 0.1) is 0 Å². The number of alkyl carbamates (subject to hydrolysis) is 1. The van der Waals surface area contributed by atoms with E-state index in [1.165, 1.54) is 0 Å². The monoisotopic (exact) mass is 365 g/mol. The summed E-state index contributed by atoms with van der Waals surface area (Å²) in [6.45, 7) is 6.99. The number of carbonyl (C=O) groups excluding carboxylic acids is 1. The topological polar surface area (TPSA) is 124 Å². The Morgan fingerprint density at radius 2 is 1.52 bits per heavy atom. The molecule has 0 radical (unpaired) electrons. The highest BCUT2D eigenvalue weighted by Gasteiger charge is 2.15. The van der Waals surface area contributed by atoms with Crippen molar-refractivity contribution in [3.8, 4) is 0 Å². The lowest BCUT2D eigenvalue weighted by molar-refractivity contribution is -0.142. The van der Waals surface area contributed by atoms with Crippen molar-refractivity contribution in [1.82, 2.24) is 5.32 Å². The van der Waals surface area contributed by atoms with Gasteiger partial charge in [-0.15, -0.1) is 0 Å². The van der Waals surface area contributed by atoms with Crippen LogP contribution in [0.25, 0.3) is 0 Å². The first-order chi connectivity index (χ1) is 11.7. The van der Waals surface area contributed by atoms with Crippen molar-refractivity contribution >= 4 is 12.1 Å². The third-order valence-corrected chi connectivity index (χ3v) is 2.71. The SMILES string of the molecule is CC(C)(C)OC(=O)NCCC(O)CCOCCOCCOCC(=O)O. The molecule has 0 rings (SSSR count). The zero-order valence-corrected chi connectivity index (χ0v) is 15.3. The minimum atomic E-state index is -1.01. The van der Waals surface area contributed by atoms with Crippen LogP contribution in [-0.4, -0.2) is 80.2 Å². The summed E-state index contributed by atoms with van der Waals surface area (Å²) < 4.78 is 20.4. The average molecular weight is 365 g/mol. The summed E-state index contributed by atoms with van der Waals surface area (Å²) in [6.07, 6.45) is -0.196. The van der Waals surface area contributed by atoms with Crippen molar-refractivity contribution in [3.63, 3.8) is 0 Å². The predicted molar refractivity (Wildman–Crippen MR) is 89.6 cm³/mol. The number of aliphatic carboxylic acids is 1. The summed E-state index contributed by atoms with van der Waals surface area (Å²) in [7, 11) is 0. The van der Waals surface area contributed by atoms with Crippen LogP contribution in [-0.2, 0) is 23.7 Å². The molecule has 0 aliphatic rings. The highest BCUT2D eigenvalue weighted by atomic mass is 16.6. The number of amides is 1. The second-order valence-electron chi connectivity index (χ2n) is 6.33. The lowest BCUT2D eigenvalue weighted by Crippen LogP contribution is -2.34. The van der Waals surface area contributed by atoms with Crippen LogP contribution in [0.3, 0.4) is 0 Å². The molecule has 0 saturated heterocycles. The fraction of sp³-hybridized carbons (Fsp3) is 0.875. The number of carbonyl (C=O) groups is 2. The molecular weight excluding hydrogens is 334 g/mol. The fourth-order valence-electron chi connectivity index (χ4n) is 1.62. The van der Waals surface area contributed by atoms with Gasteiger partial charge in [0.1, 0.15) is 12.2 Å². The highest BCUT2D eigenvalue weighted by Crippen LogP contribution is 2.06. The summed E-state index contributed by atoms with van der Waals surface area (Å²) >= 11 is 0. The third kappa shape index (κ3) is 18.8. The van der Waals surface area contributed by atoms with Crippen LogP contribution in [0.5, 0.6) is 0 Å². The zero-order valence-electron chi connectivity index (χ0n) is 15.3. The molecular formula is C16H31NO8. The number of carboxylic acid groups (broad SMARTS) is 1. The molecule has 0 aromatic rings. The number of aliphatic hydroxyl groups is 1. The molecule has 0 aliphatic carbocycles. The maximum absolute atomic E-state index is 11.4. The molecule has 1 amide bonds. The number of hydrogen-bond donors (Lipinski definition) is 3. The van der Waals surface area contributed by atoms with E-state index in [9.17, 15) is 14.7 Å². The first kappa shape index (κ1) is 23.6. The van der Waals surface area contributed by atoms with Gasteiger partial charge in [0.15, 0.2) is 0 Å². The number of nitrogens with one attached hydrogen (secondary N) is 1. The molecule has 0 bridgehead atoms. The van der Waals surface area contributed by atoms with Gasteiger partial charge in [0.25, 0.3) is 0 Å². The van der Waals surface area contributed by atoms with Crippen molar-refractivity contribution in [2.24, 2.45) is 0 Å². The van der Waals surface area contributed by atoms with E-state index >= 15 is 0 Å². The molecule has 0 spiro atoms. The van der Waals surface area contributed by atoms with Crippen molar-refractivity contribution in [2.45, 2.75) is 45.3 Å². The molecule has 0 aliphatic heterocycles. The van der Waals surface area contributed by atoms with Crippen LogP contribution in [0.15, 0.2) is 0 Å². The molecule has 9 heteroatoms. The Morgan fingerprint density at radius 1 is 0.960 bits per heavy atom. The van der Waals surface area contributed by atoms with Gasteiger partial charge in [-0.3, -0.25) is 0 Å². The summed E-state index contributed by atoms with van der Waals surface area (Å²) in [5, 5.41) is 20.7. The Labute approximate surface area is 148 Å². The number of rotatable bonds is 14. The second kappa shape index (κ2) is 13.8. The van der Waals surface area contributed by atoms with E-state index in [0.29, 0.717) is 45.8 Å². The standard InChI is InChI=1S/C16H31NO8/c1-16(2,3)25-15(21)17-6-4-13(18)5-7-22-8-9-23-10-11-24-12-14(19)20/h13,18H,4-12H2,1-3H3,(H,17,21)(H,19,20). The van der Waals surface area contributed by atoms with Gasteiger partial charge >= 0.3 is 12.1 Å². The maximum atomic E-state index is 11.4. The minimum absolute atomic E-state index is 0.218. The van der Waals surface area contributed by atoms with E-state index in [2.05, 4.69) is 5.32 Å². The molecule has 0 saturated carbocycles. The molecule has 0 fully saturated rings. The van der Waals surface area contributed by atoms with Crippen LogP contribution < -0.4 is 5.32 Å². The van der Waals surface area contributed by atoms with Crippen molar-refractivity contribution in [3.05, 3.63) is 0 Å². The summed E-state index contributed by atoms with van der Waals surface area (Å²) in [6, 6.07) is 0. The predicted octanol–water partition coefficient (Wildman–Crippen LogP) is 0.787. The molecule has 9 nitrogen and oxygen atoms in total. The third-order valence-electron chi connectivity index (χ3n) is 2.71. The number of ether oxygens (including phenoxy) is 4. The number of aliphatic hydroxyl groups excluding tert-OH is 1. The highest BCUT2D eigenvalue weighted by molar-refractivity contribution is 5.68. The summed E-state index contributed by atoms with van der Waals surface area (Å²) in [4.78, 5) is 21.6. The molecule has 1 atom stereocenters. The Hall–Kier alpha value is -1.42. The minimum Gasteiger partial charge on any atom is -0.480 e. The smallest absolute Gasteiger partial charge is 0.407 e. The Bertz CT molecular complexity index is 370. The van der Waals surface area contributed by atoms with Gasteiger partial charge in [0.05, 0.1) is 32.5 Å². The zero-order chi connectivity index (χ0) is 19.1. The first-order valence-corrected chi connectivity index (χ1v) is 8.30. The second-order valence-corrected chi connectivity index (χ2v) is 6.33. The van der Waals surface area contributed by atoms with E-state index in [-0.39, 0.29) is 13.2 Å². The van der Waals surface area contributed by atoms with E-state index in [4.69, 9.17) is 24.1 Å². The fourth-order valence-corrected chi connectivity index (χ4v) is 1.62. The van der Waals surface area contributed by atoms with Crippen LogP contribution in [0.4, 0.5) is 4.79 Å². The van der Waals surface area contributed by atoms with Gasteiger partial charge in [0.2, 0.25) is 0 Å². The lowest BCUT2D eigenvalue weighted by Gasteiger charge is -2.20. The molecule has 148 valence electrons. The lowest BCUT2D eigenvalue weighted by atomic mass is 10.2. The Kier molecular flexibility index (Phi) is 13.0. The van der Waals surface area contributed by atoms with Gasteiger partial charge in [0, 0.05) is 13.2 Å². The average Bonchev–Trinajstić information content (AvgIpc) is 2.47. The molecule has 0 heterocycles. The van der Waals surface area contributed by atoms with Gasteiger partial charge < -0.3 is 34.5 Å². The molecule has 0 aromatic carbocycles. The number of hydrogen-bond acceptors (Lipinski definition) is 7. The van der Waals surface area contributed by atoms with Crippen molar-refractivity contribution < 1.29 is 38.7 Å². The number of carboxylic acids is 1.